The van der Waals surface area contributed by atoms with E-state index in [2.05, 4.69) is 135 Å². The standard InChI is InChI=1S/C65H110NO8P/c1-6-8-10-12-14-16-18-20-22-23-24-25-26-27-28-29-30-31-32-33-34-35-36-37-38-39-40-41-42-43-44-46-48-50-52-54-56-58-65(68)74-63(62-73-75(69,70)72-60-59-66(3,4)5)61-71-64(67)57-55-53-51-49-47-45-21-19-17-15-13-11-9-7-2/h8,10,14,16,19-22,24-25,27-28,30-31,33-34,36-37,39-40,63H,6-7,9,11-13,15,17-18,23,26,29,32,35,38,41-62H2,1-5H3/p+1/b10-8-,16-14-,21-19-,22-20-,25-24-,28-27-,31-30-,34-33-,37-36-,40-39-. The number of unbranched alkanes of at least 4 members (excludes halogenated alkanes) is 19. The zero-order chi connectivity index (χ0) is 54.9. The van der Waals surface area contributed by atoms with Crippen LogP contribution in [0.15, 0.2) is 122 Å². The highest BCUT2D eigenvalue weighted by Crippen LogP contribution is 2.43. The van der Waals surface area contributed by atoms with Crippen LogP contribution in [0, 0.1) is 0 Å². The van der Waals surface area contributed by atoms with Crippen LogP contribution in [-0.2, 0) is 32.7 Å². The lowest BCUT2D eigenvalue weighted by molar-refractivity contribution is -0.870. The molecule has 0 bridgehead atoms. The predicted molar refractivity (Wildman–Crippen MR) is 321 cm³/mol. The number of phosphoric acid groups is 1. The predicted octanol–water partition coefficient (Wildman–Crippen LogP) is 18.8. The summed E-state index contributed by atoms with van der Waals surface area (Å²) in [5.74, 6) is -0.820. The van der Waals surface area contributed by atoms with E-state index in [1.54, 1.807) is 0 Å². The first-order valence-electron chi connectivity index (χ1n) is 29.8. The van der Waals surface area contributed by atoms with Gasteiger partial charge in [0.1, 0.15) is 19.8 Å². The zero-order valence-corrected chi connectivity index (χ0v) is 49.4. The molecule has 0 aliphatic carbocycles. The molecular weight excluding hydrogens is 954 g/mol. The molecule has 1 N–H and O–H groups in total. The van der Waals surface area contributed by atoms with E-state index in [0.29, 0.717) is 17.4 Å². The van der Waals surface area contributed by atoms with E-state index < -0.39 is 26.5 Å². The monoisotopic (exact) mass is 1060 g/mol. The van der Waals surface area contributed by atoms with Crippen molar-refractivity contribution in [2.45, 2.75) is 232 Å². The molecule has 0 aromatic rings. The molecule has 0 aliphatic heterocycles. The summed E-state index contributed by atoms with van der Waals surface area (Å²) in [6, 6.07) is 0. The highest BCUT2D eigenvalue weighted by molar-refractivity contribution is 7.47. The molecule has 0 heterocycles. The molecule has 2 atom stereocenters. The van der Waals surface area contributed by atoms with Crippen molar-refractivity contribution >= 4 is 19.8 Å². The van der Waals surface area contributed by atoms with Crippen molar-refractivity contribution < 1.29 is 42.1 Å². The molecule has 0 saturated carbocycles. The van der Waals surface area contributed by atoms with Crippen LogP contribution < -0.4 is 0 Å². The normalized spacial score (nSPS) is 14.2. The fourth-order valence-corrected chi connectivity index (χ4v) is 8.39. The van der Waals surface area contributed by atoms with Crippen LogP contribution >= 0.6 is 7.82 Å². The van der Waals surface area contributed by atoms with E-state index in [4.69, 9.17) is 18.5 Å². The number of hydrogen-bond donors (Lipinski definition) is 1. The van der Waals surface area contributed by atoms with Crippen molar-refractivity contribution in [3.63, 3.8) is 0 Å². The Labute approximate surface area is 460 Å². The molecule has 9 nitrogen and oxygen atoms in total. The van der Waals surface area contributed by atoms with E-state index >= 15 is 0 Å². The largest absolute Gasteiger partial charge is 0.472 e. The van der Waals surface area contributed by atoms with Gasteiger partial charge in [0.05, 0.1) is 27.7 Å². The van der Waals surface area contributed by atoms with Crippen molar-refractivity contribution in [1.29, 1.82) is 0 Å². The van der Waals surface area contributed by atoms with E-state index in [9.17, 15) is 19.0 Å². The van der Waals surface area contributed by atoms with Crippen LogP contribution in [0.3, 0.4) is 0 Å². The Hall–Kier alpha value is -3.59. The summed E-state index contributed by atoms with van der Waals surface area (Å²) >= 11 is 0. The van der Waals surface area contributed by atoms with Gasteiger partial charge in [-0.3, -0.25) is 18.6 Å². The molecule has 0 spiro atoms. The molecular formula is C65H111NO8P+. The second-order valence-corrected chi connectivity index (χ2v) is 22.1. The van der Waals surface area contributed by atoms with Gasteiger partial charge >= 0.3 is 19.8 Å². The molecule has 2 unspecified atom stereocenters. The number of carbonyl (C=O) groups excluding carboxylic acids is 2. The molecule has 0 rings (SSSR count). The number of phosphoric ester groups is 1. The topological polar surface area (TPSA) is 108 Å². The minimum Gasteiger partial charge on any atom is -0.462 e. The SMILES string of the molecule is CC/C=C\C/C=C\C/C=C\C/C=C\C/C=C\C/C=C\C/C=C\C/C=C\C/C=C\CCCCCCCCCCCC(=O)OC(COC(=O)CCCCCCC/C=C\CCCCCCC)COP(=O)(O)OCC[N+](C)(C)C. The van der Waals surface area contributed by atoms with E-state index in [1.807, 2.05) is 21.1 Å². The van der Waals surface area contributed by atoms with Crippen LogP contribution in [-0.4, -0.2) is 74.9 Å². The lowest BCUT2D eigenvalue weighted by atomic mass is 10.1. The molecule has 0 radical (unpaired) electrons. The molecule has 0 saturated heterocycles. The van der Waals surface area contributed by atoms with Gasteiger partial charge in [-0.25, -0.2) is 4.57 Å². The minimum absolute atomic E-state index is 0.0238. The number of allylic oxidation sites excluding steroid dienone is 20. The quantitative estimate of drug-likeness (QED) is 0.0211. The van der Waals surface area contributed by atoms with Crippen LogP contribution in [0.5, 0.6) is 0 Å². The van der Waals surface area contributed by atoms with Gasteiger partial charge in [0.2, 0.25) is 0 Å². The van der Waals surface area contributed by atoms with E-state index in [0.717, 1.165) is 122 Å². The highest BCUT2D eigenvalue weighted by atomic mass is 31.2. The number of esters is 2. The Kier molecular flexibility index (Phi) is 52.5. The fourth-order valence-electron chi connectivity index (χ4n) is 7.65. The first-order valence-corrected chi connectivity index (χ1v) is 31.3. The van der Waals surface area contributed by atoms with Crippen molar-refractivity contribution in [3.8, 4) is 0 Å². The van der Waals surface area contributed by atoms with Gasteiger partial charge in [0.15, 0.2) is 6.10 Å². The smallest absolute Gasteiger partial charge is 0.462 e. The Balaban J connectivity index is 4.13. The lowest BCUT2D eigenvalue weighted by Crippen LogP contribution is -2.37. The van der Waals surface area contributed by atoms with Crippen LogP contribution in [0.2, 0.25) is 0 Å². The number of ether oxygens (including phenoxy) is 2. The summed E-state index contributed by atoms with van der Waals surface area (Å²) in [5.41, 5.74) is 0. The number of hydrogen-bond acceptors (Lipinski definition) is 7. The maximum absolute atomic E-state index is 12.8. The Morgan fingerprint density at radius 3 is 1.15 bits per heavy atom. The summed E-state index contributed by atoms with van der Waals surface area (Å²) in [4.78, 5) is 35.6. The first-order chi connectivity index (χ1) is 36.5. The number of nitrogens with zero attached hydrogens (tertiary/aromatic N) is 1. The second kappa shape index (κ2) is 55.2. The maximum Gasteiger partial charge on any atom is 0.472 e. The Bertz CT molecular complexity index is 1680. The van der Waals surface area contributed by atoms with Crippen LogP contribution in [0.25, 0.3) is 0 Å². The Morgan fingerprint density at radius 1 is 0.427 bits per heavy atom. The third-order valence-electron chi connectivity index (χ3n) is 12.2. The second-order valence-electron chi connectivity index (χ2n) is 20.6. The number of quaternary nitrogens is 1. The number of likely N-dealkylation sites (N-methyl/N-ethyl adjacent to an activating group) is 1. The molecule has 0 aliphatic rings. The molecule has 0 fully saturated rings. The van der Waals surface area contributed by atoms with E-state index in [-0.39, 0.29) is 32.0 Å². The molecule has 0 amide bonds. The average molecular weight is 1070 g/mol. The average Bonchev–Trinajstić information content (AvgIpc) is 3.37. The van der Waals surface area contributed by atoms with Crippen molar-refractivity contribution in [2.75, 3.05) is 47.5 Å². The highest BCUT2D eigenvalue weighted by Gasteiger charge is 2.27. The minimum atomic E-state index is -4.39. The van der Waals surface area contributed by atoms with Crippen molar-refractivity contribution in [2.24, 2.45) is 0 Å². The molecule has 75 heavy (non-hydrogen) atoms. The fraction of sp³-hybridized carbons (Fsp3) is 0.662. The first kappa shape index (κ1) is 71.4. The summed E-state index contributed by atoms with van der Waals surface area (Å²) in [7, 11) is 1.45. The van der Waals surface area contributed by atoms with Gasteiger partial charge < -0.3 is 18.9 Å². The molecule has 0 aromatic heterocycles. The summed E-state index contributed by atoms with van der Waals surface area (Å²) in [5, 5.41) is 0. The van der Waals surface area contributed by atoms with Gasteiger partial charge in [-0.05, 0) is 109 Å². The molecule has 0 aromatic carbocycles. The summed E-state index contributed by atoms with van der Waals surface area (Å²) < 4.78 is 34.5. The van der Waals surface area contributed by atoms with Gasteiger partial charge in [0, 0.05) is 12.8 Å². The zero-order valence-electron chi connectivity index (χ0n) is 48.5. The van der Waals surface area contributed by atoms with Gasteiger partial charge in [-0.1, -0.05) is 225 Å². The third-order valence-corrected chi connectivity index (χ3v) is 13.2. The summed E-state index contributed by atoms with van der Waals surface area (Å²) in [6.45, 7) is 4.28. The van der Waals surface area contributed by atoms with Gasteiger partial charge in [0.25, 0.3) is 0 Å². The lowest BCUT2D eigenvalue weighted by Gasteiger charge is -2.24. The summed E-state index contributed by atoms with van der Waals surface area (Å²) in [6.07, 6.45) is 78.4. The van der Waals surface area contributed by atoms with Crippen molar-refractivity contribution in [3.05, 3.63) is 122 Å². The van der Waals surface area contributed by atoms with Gasteiger partial charge in [-0.15, -0.1) is 0 Å². The van der Waals surface area contributed by atoms with E-state index in [1.165, 1.54) is 70.6 Å². The van der Waals surface area contributed by atoms with Crippen LogP contribution in [0.1, 0.15) is 226 Å². The number of carbonyl (C=O) groups is 2. The van der Waals surface area contributed by atoms with Crippen LogP contribution in [0.4, 0.5) is 0 Å². The van der Waals surface area contributed by atoms with Gasteiger partial charge in [-0.2, -0.15) is 0 Å². The third kappa shape index (κ3) is 59.5. The van der Waals surface area contributed by atoms with Crippen molar-refractivity contribution in [1.82, 2.24) is 0 Å². The number of rotatable bonds is 53. The Morgan fingerprint density at radius 2 is 0.760 bits per heavy atom. The maximum atomic E-state index is 12.8. The molecule has 10 heteroatoms. The molecule has 428 valence electrons.